The summed E-state index contributed by atoms with van der Waals surface area (Å²) >= 11 is 5.13. The van der Waals surface area contributed by atoms with Crippen LogP contribution in [0.5, 0.6) is 0 Å². The lowest BCUT2D eigenvalue weighted by Gasteiger charge is -2.14. The highest BCUT2D eigenvalue weighted by atomic mass is 79.9. The van der Waals surface area contributed by atoms with E-state index in [1.54, 1.807) is 6.07 Å². The van der Waals surface area contributed by atoms with Gasteiger partial charge in [0.1, 0.15) is 5.82 Å². The van der Waals surface area contributed by atoms with E-state index in [0.717, 1.165) is 24.3 Å². The van der Waals surface area contributed by atoms with Gasteiger partial charge in [0.2, 0.25) is 0 Å². The Morgan fingerprint density at radius 1 is 1.56 bits per heavy atom. The van der Waals surface area contributed by atoms with Crippen molar-refractivity contribution < 1.29 is 9.13 Å². The number of benzene rings is 1. The lowest BCUT2D eigenvalue weighted by molar-refractivity contribution is 0.127. The number of rotatable bonds is 3. The van der Waals surface area contributed by atoms with Gasteiger partial charge in [0.05, 0.1) is 10.6 Å². The van der Waals surface area contributed by atoms with E-state index in [0.29, 0.717) is 15.8 Å². The lowest BCUT2D eigenvalue weighted by Crippen LogP contribution is -2.13. The van der Waals surface area contributed by atoms with Crippen molar-refractivity contribution in [3.8, 4) is 0 Å². The third kappa shape index (κ3) is 2.79. The van der Waals surface area contributed by atoms with Crippen LogP contribution in [-0.4, -0.2) is 18.0 Å². The van der Waals surface area contributed by atoms with E-state index in [4.69, 9.17) is 4.74 Å². The highest BCUT2D eigenvalue weighted by molar-refractivity contribution is 9.10. The molecule has 2 rings (SSSR count). The van der Waals surface area contributed by atoms with Gasteiger partial charge in [-0.05, 0) is 40.9 Å². The first-order valence-corrected chi connectivity index (χ1v) is 7.18. The summed E-state index contributed by atoms with van der Waals surface area (Å²) in [6, 6.07) is 5.19. The molecule has 1 nitrogen and oxygen atoms in total. The second-order valence-corrected chi connectivity index (χ2v) is 5.95. The fraction of sp³-hybridized carbons (Fsp3) is 0.500. The molecule has 16 heavy (non-hydrogen) atoms. The molecule has 4 heteroatoms. The molecule has 1 saturated heterocycles. The SMILES string of the molecule is CC1OCCC1SCc1cccc(F)c1Br. The Hall–Kier alpha value is -0.0600. The highest BCUT2D eigenvalue weighted by Crippen LogP contribution is 2.31. The average Bonchev–Trinajstić information content (AvgIpc) is 2.67. The molecule has 0 saturated carbocycles. The van der Waals surface area contributed by atoms with Crippen LogP contribution in [0.15, 0.2) is 22.7 Å². The molecule has 0 aliphatic carbocycles. The standard InChI is InChI=1S/C12H14BrFOS/c1-8-11(5-6-15-8)16-7-9-3-2-4-10(14)12(9)13/h2-4,8,11H,5-7H2,1H3. The van der Waals surface area contributed by atoms with Crippen molar-refractivity contribution in [2.24, 2.45) is 0 Å². The first-order chi connectivity index (χ1) is 7.68. The summed E-state index contributed by atoms with van der Waals surface area (Å²) in [7, 11) is 0. The van der Waals surface area contributed by atoms with Gasteiger partial charge in [0, 0.05) is 17.6 Å². The molecule has 1 aliphatic heterocycles. The van der Waals surface area contributed by atoms with Crippen LogP contribution < -0.4 is 0 Å². The third-order valence-corrected chi connectivity index (χ3v) is 5.20. The fourth-order valence-corrected chi connectivity index (χ4v) is 3.62. The van der Waals surface area contributed by atoms with Crippen LogP contribution in [0.1, 0.15) is 18.9 Å². The molecular formula is C12H14BrFOS. The summed E-state index contributed by atoms with van der Waals surface area (Å²) in [6.07, 6.45) is 1.41. The van der Waals surface area contributed by atoms with Gasteiger partial charge in [0.25, 0.3) is 0 Å². The van der Waals surface area contributed by atoms with Gasteiger partial charge in [-0.3, -0.25) is 0 Å². The van der Waals surface area contributed by atoms with Gasteiger partial charge in [0.15, 0.2) is 0 Å². The predicted molar refractivity (Wildman–Crippen MR) is 69.2 cm³/mol. The maximum absolute atomic E-state index is 13.3. The Labute approximate surface area is 108 Å². The zero-order valence-electron chi connectivity index (χ0n) is 9.08. The summed E-state index contributed by atoms with van der Waals surface area (Å²) in [6.45, 7) is 2.95. The Kier molecular flexibility index (Phi) is 4.27. The van der Waals surface area contributed by atoms with Crippen molar-refractivity contribution >= 4 is 27.7 Å². The predicted octanol–water partition coefficient (Wildman–Crippen LogP) is 4.00. The number of ether oxygens (including phenoxy) is 1. The number of thioether (sulfide) groups is 1. The minimum atomic E-state index is -0.186. The van der Waals surface area contributed by atoms with Gasteiger partial charge in [-0.2, -0.15) is 11.8 Å². The van der Waals surface area contributed by atoms with Gasteiger partial charge in [-0.1, -0.05) is 12.1 Å². The maximum atomic E-state index is 13.3. The number of halogens is 2. The molecule has 88 valence electrons. The van der Waals surface area contributed by atoms with Gasteiger partial charge in [-0.25, -0.2) is 4.39 Å². The molecule has 0 N–H and O–H groups in total. The first-order valence-electron chi connectivity index (χ1n) is 5.34. The largest absolute Gasteiger partial charge is 0.377 e. The van der Waals surface area contributed by atoms with Crippen LogP contribution in [0.25, 0.3) is 0 Å². The molecular weight excluding hydrogens is 291 g/mol. The second kappa shape index (κ2) is 5.52. The lowest BCUT2D eigenvalue weighted by atomic mass is 10.2. The van der Waals surface area contributed by atoms with E-state index >= 15 is 0 Å². The molecule has 0 aromatic heterocycles. The smallest absolute Gasteiger partial charge is 0.137 e. The summed E-state index contributed by atoms with van der Waals surface area (Å²) in [4.78, 5) is 0. The molecule has 1 fully saturated rings. The minimum absolute atomic E-state index is 0.186. The van der Waals surface area contributed by atoms with Gasteiger partial charge < -0.3 is 4.74 Å². The monoisotopic (exact) mass is 304 g/mol. The highest BCUT2D eigenvalue weighted by Gasteiger charge is 2.24. The Balaban J connectivity index is 1.96. The van der Waals surface area contributed by atoms with E-state index in [9.17, 15) is 4.39 Å². The summed E-state index contributed by atoms with van der Waals surface area (Å²) in [5, 5.41) is 0.537. The van der Waals surface area contributed by atoms with Crippen molar-refractivity contribution in [1.82, 2.24) is 0 Å². The zero-order chi connectivity index (χ0) is 11.5. The molecule has 0 amide bonds. The molecule has 1 heterocycles. The van der Waals surface area contributed by atoms with Crippen molar-refractivity contribution in [3.63, 3.8) is 0 Å². The van der Waals surface area contributed by atoms with E-state index in [1.807, 2.05) is 17.8 Å². The molecule has 0 radical (unpaired) electrons. The maximum Gasteiger partial charge on any atom is 0.137 e. The van der Waals surface area contributed by atoms with Crippen LogP contribution in [-0.2, 0) is 10.5 Å². The van der Waals surface area contributed by atoms with Crippen LogP contribution in [0.2, 0.25) is 0 Å². The van der Waals surface area contributed by atoms with Crippen molar-refractivity contribution in [2.45, 2.75) is 30.5 Å². The summed E-state index contributed by atoms with van der Waals surface area (Å²) in [5.74, 6) is 0.644. The molecule has 1 aromatic carbocycles. The normalized spacial score (nSPS) is 24.9. The van der Waals surface area contributed by atoms with E-state index in [2.05, 4.69) is 22.9 Å². The molecule has 1 aliphatic rings. The minimum Gasteiger partial charge on any atom is -0.377 e. The fourth-order valence-electron chi connectivity index (χ4n) is 1.79. The van der Waals surface area contributed by atoms with Crippen LogP contribution in [0, 0.1) is 5.82 Å². The van der Waals surface area contributed by atoms with Gasteiger partial charge in [-0.15, -0.1) is 0 Å². The molecule has 0 spiro atoms. The Morgan fingerprint density at radius 3 is 3.06 bits per heavy atom. The van der Waals surface area contributed by atoms with Crippen molar-refractivity contribution in [1.29, 1.82) is 0 Å². The van der Waals surface area contributed by atoms with Crippen LogP contribution in [0.3, 0.4) is 0 Å². The summed E-state index contributed by atoms with van der Waals surface area (Å²) < 4.78 is 19.4. The van der Waals surface area contributed by atoms with E-state index < -0.39 is 0 Å². The third-order valence-electron chi connectivity index (χ3n) is 2.79. The molecule has 0 bridgehead atoms. The summed E-state index contributed by atoms with van der Waals surface area (Å²) in [5.41, 5.74) is 1.02. The van der Waals surface area contributed by atoms with E-state index in [1.165, 1.54) is 6.07 Å². The number of hydrogen-bond acceptors (Lipinski definition) is 2. The topological polar surface area (TPSA) is 9.23 Å². The van der Waals surface area contributed by atoms with Gasteiger partial charge >= 0.3 is 0 Å². The molecule has 2 atom stereocenters. The van der Waals surface area contributed by atoms with Crippen molar-refractivity contribution in [3.05, 3.63) is 34.1 Å². The zero-order valence-corrected chi connectivity index (χ0v) is 11.5. The quantitative estimate of drug-likeness (QED) is 0.835. The first kappa shape index (κ1) is 12.4. The number of hydrogen-bond donors (Lipinski definition) is 0. The van der Waals surface area contributed by atoms with Crippen LogP contribution in [0.4, 0.5) is 4.39 Å². The van der Waals surface area contributed by atoms with E-state index in [-0.39, 0.29) is 5.82 Å². The van der Waals surface area contributed by atoms with Crippen molar-refractivity contribution in [2.75, 3.05) is 6.61 Å². The Bertz CT molecular complexity index is 372. The Morgan fingerprint density at radius 2 is 2.38 bits per heavy atom. The average molecular weight is 305 g/mol. The molecule has 2 unspecified atom stereocenters. The molecule has 1 aromatic rings. The second-order valence-electron chi connectivity index (χ2n) is 3.93. The van der Waals surface area contributed by atoms with Crippen LogP contribution >= 0.6 is 27.7 Å².